The smallest absolute Gasteiger partial charge is 0.406 e. The number of hydrogen-bond donors (Lipinski definition) is 3. The van der Waals surface area contributed by atoms with Gasteiger partial charge in [0.15, 0.2) is 0 Å². The van der Waals surface area contributed by atoms with Crippen LogP contribution in [-0.2, 0) is 4.74 Å². The number of rotatable bonds is 5. The van der Waals surface area contributed by atoms with Crippen LogP contribution in [0.4, 0.5) is 18.0 Å². The van der Waals surface area contributed by atoms with Crippen LogP contribution in [-0.4, -0.2) is 67.1 Å². The Morgan fingerprint density at radius 3 is 2.56 bits per heavy atom. The van der Waals surface area contributed by atoms with Crippen molar-refractivity contribution in [3.05, 3.63) is 24.0 Å². The third-order valence-electron chi connectivity index (χ3n) is 4.05. The molecule has 25 heavy (non-hydrogen) atoms. The molecular weight excluding hydrogens is 339 g/mol. The molecule has 0 saturated carbocycles. The van der Waals surface area contributed by atoms with Crippen molar-refractivity contribution in [2.24, 2.45) is 5.73 Å². The minimum Gasteiger partial charge on any atom is -0.406 e. The zero-order valence-electron chi connectivity index (χ0n) is 14.1. The number of nitrogens with one attached hydrogen (secondary N) is 2. The molecule has 1 aliphatic heterocycles. The maximum atomic E-state index is 12.2. The van der Waals surface area contributed by atoms with Crippen molar-refractivity contribution < 1.29 is 22.7 Å². The summed E-state index contributed by atoms with van der Waals surface area (Å²) in [4.78, 5) is 14.4. The molecular formula is C15H24F3N5O2. The Balaban J connectivity index is 1.77. The number of amides is 2. The SMILES string of the molecule is CC1(NC(=O)NN2CCN(CCN)CC2)C=CC(OC(F)(F)F)=CC1. The fraction of sp³-hybridized carbons (Fsp3) is 0.667. The number of nitrogens with zero attached hydrogens (tertiary/aromatic N) is 2. The van der Waals surface area contributed by atoms with E-state index in [0.29, 0.717) is 19.6 Å². The highest BCUT2D eigenvalue weighted by Crippen LogP contribution is 2.27. The first kappa shape index (κ1) is 19.5. The van der Waals surface area contributed by atoms with E-state index in [4.69, 9.17) is 5.73 Å². The van der Waals surface area contributed by atoms with Gasteiger partial charge in [0.05, 0.1) is 5.54 Å². The highest BCUT2D eigenvalue weighted by atomic mass is 19.4. The van der Waals surface area contributed by atoms with E-state index >= 15 is 0 Å². The molecule has 0 aromatic carbocycles. The highest BCUT2D eigenvalue weighted by molar-refractivity contribution is 5.74. The zero-order chi connectivity index (χ0) is 18.5. The lowest BCUT2D eigenvalue weighted by Crippen LogP contribution is -2.58. The molecule has 0 spiro atoms. The lowest BCUT2D eigenvalue weighted by molar-refractivity contribution is -0.303. The van der Waals surface area contributed by atoms with Gasteiger partial charge in [-0.25, -0.2) is 9.80 Å². The number of carbonyl (C=O) groups excluding carboxylic acids is 1. The van der Waals surface area contributed by atoms with E-state index < -0.39 is 17.9 Å². The number of hydrazine groups is 1. The van der Waals surface area contributed by atoms with Gasteiger partial charge in [-0.05, 0) is 25.5 Å². The van der Waals surface area contributed by atoms with Crippen LogP contribution in [0.25, 0.3) is 0 Å². The van der Waals surface area contributed by atoms with Gasteiger partial charge in [-0.1, -0.05) is 6.08 Å². The van der Waals surface area contributed by atoms with Gasteiger partial charge in [-0.15, -0.1) is 13.2 Å². The third-order valence-corrected chi connectivity index (χ3v) is 4.05. The molecule has 1 fully saturated rings. The van der Waals surface area contributed by atoms with Gasteiger partial charge in [0.2, 0.25) is 0 Å². The summed E-state index contributed by atoms with van der Waals surface area (Å²) < 4.78 is 40.4. The first-order valence-electron chi connectivity index (χ1n) is 8.10. The van der Waals surface area contributed by atoms with Crippen molar-refractivity contribution in [2.45, 2.75) is 25.2 Å². The maximum Gasteiger partial charge on any atom is 0.573 e. The average molecular weight is 363 g/mol. The number of hydrogen-bond acceptors (Lipinski definition) is 5. The number of halogens is 3. The van der Waals surface area contributed by atoms with E-state index in [1.807, 2.05) is 5.01 Å². The molecule has 0 bridgehead atoms. The van der Waals surface area contributed by atoms with E-state index in [-0.39, 0.29) is 12.2 Å². The number of piperazine rings is 1. The fourth-order valence-electron chi connectivity index (χ4n) is 2.71. The van der Waals surface area contributed by atoms with E-state index in [1.54, 1.807) is 6.92 Å². The zero-order valence-corrected chi connectivity index (χ0v) is 14.1. The van der Waals surface area contributed by atoms with Crippen LogP contribution in [0.3, 0.4) is 0 Å². The molecule has 7 nitrogen and oxygen atoms in total. The minimum absolute atomic E-state index is 0.201. The van der Waals surface area contributed by atoms with Gasteiger partial charge < -0.3 is 15.8 Å². The number of nitrogens with two attached hydrogens (primary N) is 1. The van der Waals surface area contributed by atoms with Gasteiger partial charge in [0.25, 0.3) is 0 Å². The van der Waals surface area contributed by atoms with E-state index in [0.717, 1.165) is 19.6 Å². The summed E-state index contributed by atoms with van der Waals surface area (Å²) in [5.74, 6) is -0.275. The number of ether oxygens (including phenoxy) is 1. The van der Waals surface area contributed by atoms with Crippen LogP contribution in [0.1, 0.15) is 13.3 Å². The second kappa shape index (κ2) is 8.07. The van der Waals surface area contributed by atoms with Crippen LogP contribution in [0, 0.1) is 0 Å². The van der Waals surface area contributed by atoms with Gasteiger partial charge in [-0.3, -0.25) is 10.3 Å². The number of urea groups is 1. The van der Waals surface area contributed by atoms with Crippen molar-refractivity contribution >= 4 is 6.03 Å². The topological polar surface area (TPSA) is 82.9 Å². The Labute approximate surface area is 144 Å². The van der Waals surface area contributed by atoms with Crippen LogP contribution >= 0.6 is 0 Å². The molecule has 2 amide bonds. The van der Waals surface area contributed by atoms with Crippen LogP contribution in [0.2, 0.25) is 0 Å². The van der Waals surface area contributed by atoms with Crippen molar-refractivity contribution in [2.75, 3.05) is 39.3 Å². The minimum atomic E-state index is -4.72. The molecule has 1 aliphatic carbocycles. The number of allylic oxidation sites excluding steroid dienone is 1. The van der Waals surface area contributed by atoms with Gasteiger partial charge >= 0.3 is 12.4 Å². The molecule has 1 saturated heterocycles. The van der Waals surface area contributed by atoms with Gasteiger partial charge in [0, 0.05) is 39.3 Å². The molecule has 1 heterocycles. The Morgan fingerprint density at radius 2 is 2.04 bits per heavy atom. The number of carbonyl (C=O) groups is 1. The fourth-order valence-corrected chi connectivity index (χ4v) is 2.71. The summed E-state index contributed by atoms with van der Waals surface area (Å²) >= 11 is 0. The Morgan fingerprint density at radius 1 is 1.36 bits per heavy atom. The summed E-state index contributed by atoms with van der Waals surface area (Å²) in [5, 5.41) is 4.58. The second-order valence-electron chi connectivity index (χ2n) is 6.29. The Hall–Kier alpha value is -1.78. The summed E-state index contributed by atoms with van der Waals surface area (Å²) in [6.07, 6.45) is -0.511. The monoisotopic (exact) mass is 363 g/mol. The second-order valence-corrected chi connectivity index (χ2v) is 6.29. The van der Waals surface area contributed by atoms with Gasteiger partial charge in [0.1, 0.15) is 5.76 Å². The van der Waals surface area contributed by atoms with Crippen LogP contribution in [0.15, 0.2) is 24.0 Å². The van der Waals surface area contributed by atoms with Gasteiger partial charge in [-0.2, -0.15) is 0 Å². The molecule has 0 aromatic rings. The summed E-state index contributed by atoms with van der Waals surface area (Å²) in [6, 6.07) is -0.395. The first-order chi connectivity index (χ1) is 11.7. The van der Waals surface area contributed by atoms with E-state index in [1.165, 1.54) is 18.2 Å². The maximum absolute atomic E-state index is 12.2. The quantitative estimate of drug-likeness (QED) is 0.677. The molecule has 4 N–H and O–H groups in total. The molecule has 1 atom stereocenters. The Bertz CT molecular complexity index is 530. The van der Waals surface area contributed by atoms with Crippen LogP contribution < -0.4 is 16.5 Å². The molecule has 2 rings (SSSR count). The molecule has 10 heteroatoms. The first-order valence-corrected chi connectivity index (χ1v) is 8.10. The molecule has 2 aliphatic rings. The summed E-state index contributed by atoms with van der Waals surface area (Å²) in [6.45, 7) is 6.16. The highest BCUT2D eigenvalue weighted by Gasteiger charge is 2.33. The third kappa shape index (κ3) is 6.56. The summed E-state index contributed by atoms with van der Waals surface area (Å²) in [7, 11) is 0. The molecule has 142 valence electrons. The van der Waals surface area contributed by atoms with E-state index in [9.17, 15) is 18.0 Å². The standard InChI is InChI=1S/C15H24F3N5O2/c1-14(4-2-12(3-5-14)25-15(16,17)18)20-13(24)21-23-10-8-22(7-6-19)9-11-23/h2-4H,5-11,19H2,1H3,(H2,20,21,24). The summed E-state index contributed by atoms with van der Waals surface area (Å²) in [5.41, 5.74) is 7.51. The number of alkyl halides is 3. The van der Waals surface area contributed by atoms with Crippen LogP contribution in [0.5, 0.6) is 0 Å². The van der Waals surface area contributed by atoms with E-state index in [2.05, 4.69) is 20.4 Å². The average Bonchev–Trinajstić information content (AvgIpc) is 2.50. The Kier molecular flexibility index (Phi) is 6.31. The molecule has 1 unspecified atom stereocenters. The van der Waals surface area contributed by atoms with Crippen molar-refractivity contribution in [1.82, 2.24) is 20.7 Å². The van der Waals surface area contributed by atoms with Crippen molar-refractivity contribution in [3.63, 3.8) is 0 Å². The predicted molar refractivity (Wildman–Crippen MR) is 86.1 cm³/mol. The molecule has 0 radical (unpaired) electrons. The van der Waals surface area contributed by atoms with Crippen molar-refractivity contribution in [3.8, 4) is 0 Å². The largest absolute Gasteiger partial charge is 0.573 e. The predicted octanol–water partition coefficient (Wildman–Crippen LogP) is 0.916. The normalized spacial score (nSPS) is 25.4. The van der Waals surface area contributed by atoms with Crippen molar-refractivity contribution in [1.29, 1.82) is 0 Å². The lowest BCUT2D eigenvalue weighted by atomic mass is 9.93. The molecule has 0 aromatic heterocycles. The lowest BCUT2D eigenvalue weighted by Gasteiger charge is -2.36.